The van der Waals surface area contributed by atoms with Crippen molar-refractivity contribution in [3.63, 3.8) is 0 Å². The van der Waals surface area contributed by atoms with Crippen LogP contribution in [-0.2, 0) is 4.79 Å². The smallest absolute Gasteiger partial charge is 0.548 e. The molecule has 0 aliphatic rings. The monoisotopic (exact) mass is 365 g/mol. The standard InChI is InChI=1S/C20H25NO4.Na/c1-20(2,19(24)25)21(13-17(22)15-9-5-3-6-10-15)14-18(23)16-11-7-4-8-12-16;/h3-12,17-18,22-23H,13-14H2,1-2H3,(H,24,25);/q;+1/p-1. The third-order valence-electron chi connectivity index (χ3n) is 4.45. The number of carboxylic acid groups (broad SMARTS) is 1. The second-order valence-electron chi connectivity index (χ2n) is 6.60. The van der Waals surface area contributed by atoms with Crippen molar-refractivity contribution < 1.29 is 49.7 Å². The van der Waals surface area contributed by atoms with E-state index in [0.717, 1.165) is 0 Å². The van der Waals surface area contributed by atoms with Crippen LogP contribution in [0, 0.1) is 0 Å². The molecule has 26 heavy (non-hydrogen) atoms. The normalized spacial score (nSPS) is 13.7. The topological polar surface area (TPSA) is 83.8 Å². The zero-order valence-electron chi connectivity index (χ0n) is 15.5. The number of carboxylic acids is 1. The van der Waals surface area contributed by atoms with Gasteiger partial charge in [-0.3, -0.25) is 4.90 Å². The van der Waals surface area contributed by atoms with Gasteiger partial charge in [0.25, 0.3) is 0 Å². The molecule has 0 aliphatic carbocycles. The largest absolute Gasteiger partial charge is 1.00 e. The molecule has 6 heteroatoms. The Kier molecular flexibility index (Phi) is 8.96. The van der Waals surface area contributed by atoms with E-state index in [1.807, 2.05) is 36.4 Å². The molecule has 2 aromatic rings. The van der Waals surface area contributed by atoms with E-state index in [9.17, 15) is 20.1 Å². The van der Waals surface area contributed by atoms with Gasteiger partial charge in [-0.2, -0.15) is 0 Å². The first-order valence-electron chi connectivity index (χ1n) is 8.25. The molecule has 2 N–H and O–H groups in total. The summed E-state index contributed by atoms with van der Waals surface area (Å²) in [7, 11) is 0. The zero-order valence-corrected chi connectivity index (χ0v) is 17.5. The van der Waals surface area contributed by atoms with E-state index >= 15 is 0 Å². The maximum atomic E-state index is 11.6. The van der Waals surface area contributed by atoms with Crippen molar-refractivity contribution in [2.45, 2.75) is 31.6 Å². The number of aliphatic carboxylic acids is 1. The average molecular weight is 365 g/mol. The number of carbonyl (C=O) groups is 1. The summed E-state index contributed by atoms with van der Waals surface area (Å²) < 4.78 is 0. The van der Waals surface area contributed by atoms with Crippen LogP contribution in [0.25, 0.3) is 0 Å². The van der Waals surface area contributed by atoms with E-state index in [1.165, 1.54) is 18.7 Å². The van der Waals surface area contributed by atoms with Gasteiger partial charge in [-0.1, -0.05) is 60.7 Å². The molecule has 0 aliphatic heterocycles. The van der Waals surface area contributed by atoms with Gasteiger partial charge >= 0.3 is 29.6 Å². The van der Waals surface area contributed by atoms with Crippen molar-refractivity contribution in [1.29, 1.82) is 0 Å². The van der Waals surface area contributed by atoms with Crippen molar-refractivity contribution in [2.75, 3.05) is 13.1 Å². The summed E-state index contributed by atoms with van der Waals surface area (Å²) in [6.45, 7) is 3.15. The van der Waals surface area contributed by atoms with Gasteiger partial charge in [0, 0.05) is 13.1 Å². The van der Waals surface area contributed by atoms with Crippen LogP contribution < -0.4 is 34.7 Å². The molecular weight excluding hydrogens is 341 g/mol. The fraction of sp³-hybridized carbons (Fsp3) is 0.350. The molecule has 0 radical (unpaired) electrons. The number of rotatable bonds is 8. The zero-order chi connectivity index (χ0) is 18.4. The summed E-state index contributed by atoms with van der Waals surface area (Å²) in [5, 5.41) is 32.5. The Morgan fingerprint density at radius 2 is 1.27 bits per heavy atom. The number of aliphatic hydroxyl groups excluding tert-OH is 2. The molecule has 0 saturated carbocycles. The Balaban J connectivity index is 0.00000338. The molecule has 134 valence electrons. The van der Waals surface area contributed by atoms with Crippen LogP contribution in [0.5, 0.6) is 0 Å². The van der Waals surface area contributed by atoms with Crippen molar-refractivity contribution in [1.82, 2.24) is 4.90 Å². The third kappa shape index (κ3) is 5.91. The molecule has 5 nitrogen and oxygen atoms in total. The fourth-order valence-electron chi connectivity index (χ4n) is 2.64. The Morgan fingerprint density at radius 1 is 0.923 bits per heavy atom. The number of nitrogens with zero attached hydrogens (tertiary/aromatic N) is 1. The second-order valence-corrected chi connectivity index (χ2v) is 6.60. The number of hydrogen-bond donors (Lipinski definition) is 2. The van der Waals surface area contributed by atoms with E-state index < -0.39 is 23.7 Å². The van der Waals surface area contributed by atoms with Crippen LogP contribution in [0.1, 0.15) is 37.2 Å². The number of β-amino-alcohol motifs (C(OH)–C–C–N with tert-alkyl or cyclic N) is 2. The molecule has 0 saturated heterocycles. The summed E-state index contributed by atoms with van der Waals surface area (Å²) in [5.41, 5.74) is 0.0395. The maximum absolute atomic E-state index is 11.6. The number of hydrogen-bond acceptors (Lipinski definition) is 5. The van der Waals surface area contributed by atoms with Gasteiger partial charge < -0.3 is 20.1 Å². The van der Waals surface area contributed by atoms with E-state index in [-0.39, 0.29) is 42.6 Å². The number of carbonyl (C=O) groups excluding carboxylic acids is 1. The van der Waals surface area contributed by atoms with Gasteiger partial charge in [0.1, 0.15) is 0 Å². The summed E-state index contributed by atoms with van der Waals surface area (Å²) >= 11 is 0. The number of aliphatic hydroxyl groups is 2. The molecule has 2 rings (SSSR count). The molecule has 0 bridgehead atoms. The molecule has 0 aromatic heterocycles. The molecule has 2 unspecified atom stereocenters. The van der Waals surface area contributed by atoms with Gasteiger partial charge in [0.15, 0.2) is 0 Å². The Labute approximate surface area is 176 Å². The molecule has 0 fully saturated rings. The SMILES string of the molecule is CC(C)(C(=O)[O-])N(CC(O)c1ccccc1)CC(O)c1ccccc1.[Na+]. The van der Waals surface area contributed by atoms with Gasteiger partial charge in [-0.05, 0) is 25.0 Å². The van der Waals surface area contributed by atoms with E-state index in [4.69, 9.17) is 0 Å². The fourth-order valence-corrected chi connectivity index (χ4v) is 2.64. The molecule has 0 spiro atoms. The summed E-state index contributed by atoms with van der Waals surface area (Å²) in [4.78, 5) is 13.1. The van der Waals surface area contributed by atoms with Crippen LogP contribution >= 0.6 is 0 Å². The van der Waals surface area contributed by atoms with Crippen LogP contribution in [0.4, 0.5) is 0 Å². The molecular formula is C20H24NNaO4. The van der Waals surface area contributed by atoms with Crippen molar-refractivity contribution in [2.24, 2.45) is 0 Å². The van der Waals surface area contributed by atoms with Gasteiger partial charge in [0.05, 0.1) is 23.7 Å². The van der Waals surface area contributed by atoms with Crippen LogP contribution in [0.2, 0.25) is 0 Å². The minimum absolute atomic E-state index is 0. The Morgan fingerprint density at radius 3 is 1.58 bits per heavy atom. The first-order valence-corrected chi connectivity index (χ1v) is 8.25. The first kappa shape index (κ1) is 22.8. The van der Waals surface area contributed by atoms with Crippen LogP contribution in [-0.4, -0.2) is 39.7 Å². The van der Waals surface area contributed by atoms with Crippen LogP contribution in [0.15, 0.2) is 60.7 Å². The Bertz CT molecular complexity index is 631. The molecule has 0 amide bonds. The predicted octanol–water partition coefficient (Wildman–Crippen LogP) is -1.71. The van der Waals surface area contributed by atoms with Crippen molar-refractivity contribution in [3.8, 4) is 0 Å². The first-order chi connectivity index (χ1) is 11.8. The van der Waals surface area contributed by atoms with Gasteiger partial charge in [0.2, 0.25) is 0 Å². The molecule has 0 heterocycles. The minimum Gasteiger partial charge on any atom is -0.548 e. The second kappa shape index (κ2) is 10.2. The van der Waals surface area contributed by atoms with E-state index in [0.29, 0.717) is 11.1 Å². The summed E-state index contributed by atoms with van der Waals surface area (Å²) in [5.74, 6) is -1.26. The van der Waals surface area contributed by atoms with E-state index in [2.05, 4.69) is 0 Å². The quantitative estimate of drug-likeness (QED) is 0.544. The van der Waals surface area contributed by atoms with Crippen molar-refractivity contribution in [3.05, 3.63) is 71.8 Å². The van der Waals surface area contributed by atoms with Crippen LogP contribution in [0.3, 0.4) is 0 Å². The maximum Gasteiger partial charge on any atom is 1.00 e. The predicted molar refractivity (Wildman–Crippen MR) is 93.5 cm³/mol. The molecule has 2 atom stereocenters. The molecule has 2 aromatic carbocycles. The third-order valence-corrected chi connectivity index (χ3v) is 4.45. The average Bonchev–Trinajstić information content (AvgIpc) is 2.62. The summed E-state index contributed by atoms with van der Waals surface area (Å²) in [6, 6.07) is 18.1. The minimum atomic E-state index is -1.34. The summed E-state index contributed by atoms with van der Waals surface area (Å²) in [6.07, 6.45) is -1.74. The number of benzene rings is 2. The Hall–Kier alpha value is -1.21. The van der Waals surface area contributed by atoms with Gasteiger partial charge in [-0.25, -0.2) is 0 Å². The van der Waals surface area contributed by atoms with Gasteiger partial charge in [-0.15, -0.1) is 0 Å². The van der Waals surface area contributed by atoms with Crippen molar-refractivity contribution >= 4 is 5.97 Å². The van der Waals surface area contributed by atoms with E-state index in [1.54, 1.807) is 24.3 Å².